The number of amides is 2. The molecule has 0 aliphatic rings. The highest BCUT2D eigenvalue weighted by atomic mass is 19.1. The Bertz CT molecular complexity index is 1390. The van der Waals surface area contributed by atoms with Crippen LogP contribution in [0, 0.1) is 19.7 Å². The van der Waals surface area contributed by atoms with Crippen LogP contribution in [0.5, 0.6) is 0 Å². The molecule has 0 bridgehead atoms. The molecular formula is C27H29FN6O3. The number of aromatic nitrogens is 4. The molecule has 0 saturated carbocycles. The second kappa shape index (κ2) is 10.3. The van der Waals surface area contributed by atoms with Gasteiger partial charge in [-0.3, -0.25) is 14.5 Å². The van der Waals surface area contributed by atoms with Gasteiger partial charge in [0.05, 0.1) is 6.26 Å². The first kappa shape index (κ1) is 25.7. The lowest BCUT2D eigenvalue weighted by molar-refractivity contribution is -0.128. The van der Waals surface area contributed by atoms with Crippen molar-refractivity contribution < 1.29 is 18.4 Å². The summed E-state index contributed by atoms with van der Waals surface area (Å²) in [5.41, 5.74) is 2.40. The van der Waals surface area contributed by atoms with Gasteiger partial charge in [0.1, 0.15) is 18.1 Å². The topological polar surface area (TPSA) is 106 Å². The van der Waals surface area contributed by atoms with E-state index < -0.39 is 23.4 Å². The number of rotatable bonds is 7. The van der Waals surface area contributed by atoms with Crippen LogP contribution < -0.4 is 10.2 Å². The lowest BCUT2D eigenvalue weighted by Crippen LogP contribution is -2.50. The number of benzene rings is 2. The van der Waals surface area contributed by atoms with Gasteiger partial charge in [-0.1, -0.05) is 17.7 Å². The molecule has 192 valence electrons. The Labute approximate surface area is 214 Å². The SMILES string of the molecule is Cc1ccc(N(C(=O)Cn2nnc(-c3ccc(F)cc3)n2)[C@H](C(=O)NC(C)(C)C)c2ccco2)c(C)c1. The van der Waals surface area contributed by atoms with E-state index in [2.05, 4.69) is 20.7 Å². The van der Waals surface area contributed by atoms with Gasteiger partial charge in [0.15, 0.2) is 6.04 Å². The van der Waals surface area contributed by atoms with Crippen LogP contribution in [0.3, 0.4) is 0 Å². The van der Waals surface area contributed by atoms with E-state index in [9.17, 15) is 14.0 Å². The monoisotopic (exact) mass is 504 g/mol. The van der Waals surface area contributed by atoms with Crippen molar-refractivity contribution in [3.63, 3.8) is 0 Å². The van der Waals surface area contributed by atoms with E-state index in [1.54, 1.807) is 12.1 Å². The van der Waals surface area contributed by atoms with Crippen molar-refractivity contribution in [1.29, 1.82) is 0 Å². The zero-order valence-electron chi connectivity index (χ0n) is 21.4. The number of halogens is 1. The summed E-state index contributed by atoms with van der Waals surface area (Å²) in [6, 6.07) is 13.5. The summed E-state index contributed by atoms with van der Waals surface area (Å²) >= 11 is 0. The Morgan fingerprint density at radius 3 is 2.46 bits per heavy atom. The van der Waals surface area contributed by atoms with E-state index >= 15 is 0 Å². The van der Waals surface area contributed by atoms with Crippen LogP contribution in [-0.2, 0) is 16.1 Å². The molecule has 0 unspecified atom stereocenters. The van der Waals surface area contributed by atoms with Crippen molar-refractivity contribution in [1.82, 2.24) is 25.5 Å². The first-order chi connectivity index (χ1) is 17.5. The minimum Gasteiger partial charge on any atom is -0.467 e. The van der Waals surface area contributed by atoms with Gasteiger partial charge in [-0.25, -0.2) is 4.39 Å². The average Bonchev–Trinajstić information content (AvgIpc) is 3.50. The number of aryl methyl sites for hydroxylation is 2. The maximum absolute atomic E-state index is 13.9. The fourth-order valence-corrected chi connectivity index (χ4v) is 3.97. The lowest BCUT2D eigenvalue weighted by atomic mass is 10.0. The minimum atomic E-state index is -1.08. The molecular weight excluding hydrogens is 475 g/mol. The summed E-state index contributed by atoms with van der Waals surface area (Å²) in [6.07, 6.45) is 1.46. The summed E-state index contributed by atoms with van der Waals surface area (Å²) in [4.78, 5) is 30.0. The van der Waals surface area contributed by atoms with Crippen molar-refractivity contribution in [2.24, 2.45) is 0 Å². The van der Waals surface area contributed by atoms with E-state index in [-0.39, 0.29) is 18.2 Å². The molecule has 2 aromatic carbocycles. The summed E-state index contributed by atoms with van der Waals surface area (Å²) in [5, 5.41) is 15.3. The molecule has 0 radical (unpaired) electrons. The Balaban J connectivity index is 1.73. The Hall–Kier alpha value is -4.34. The van der Waals surface area contributed by atoms with Gasteiger partial charge < -0.3 is 9.73 Å². The Morgan fingerprint density at radius 2 is 1.84 bits per heavy atom. The molecule has 0 aliphatic carbocycles. The number of anilines is 1. The molecule has 10 heteroatoms. The van der Waals surface area contributed by atoms with Crippen molar-refractivity contribution in [2.75, 3.05) is 4.90 Å². The molecule has 2 aromatic heterocycles. The standard InChI is InChI=1S/C27H29FN6O3/c1-17-8-13-21(18(2)15-17)34(24(22-7-6-14-37-22)26(36)29-27(3,4)5)23(35)16-33-31-25(30-32-33)19-9-11-20(28)12-10-19/h6-15,24H,16H2,1-5H3,(H,29,36)/t24-/m0/s1. The van der Waals surface area contributed by atoms with Gasteiger partial charge in [-0.2, -0.15) is 4.80 Å². The molecule has 0 fully saturated rings. The third-order valence-corrected chi connectivity index (χ3v) is 5.53. The fraction of sp³-hybridized carbons (Fsp3) is 0.296. The van der Waals surface area contributed by atoms with Gasteiger partial charge in [-0.05, 0) is 87.9 Å². The molecule has 1 atom stereocenters. The van der Waals surface area contributed by atoms with Crippen LogP contribution in [0.15, 0.2) is 65.3 Å². The lowest BCUT2D eigenvalue weighted by Gasteiger charge is -2.33. The molecule has 1 N–H and O–H groups in total. The Morgan fingerprint density at radius 1 is 1.11 bits per heavy atom. The first-order valence-electron chi connectivity index (χ1n) is 11.8. The molecule has 4 aromatic rings. The van der Waals surface area contributed by atoms with E-state index in [1.165, 1.54) is 35.4 Å². The van der Waals surface area contributed by atoms with Gasteiger partial charge in [-0.15, -0.1) is 10.2 Å². The fourth-order valence-electron chi connectivity index (χ4n) is 3.97. The molecule has 9 nitrogen and oxygen atoms in total. The number of nitrogens with one attached hydrogen (secondary N) is 1. The van der Waals surface area contributed by atoms with Gasteiger partial charge in [0.2, 0.25) is 5.82 Å². The van der Waals surface area contributed by atoms with Crippen LogP contribution in [0.1, 0.15) is 43.7 Å². The predicted molar refractivity (Wildman–Crippen MR) is 136 cm³/mol. The van der Waals surface area contributed by atoms with Crippen LogP contribution in [0.25, 0.3) is 11.4 Å². The molecule has 37 heavy (non-hydrogen) atoms. The average molecular weight is 505 g/mol. The van der Waals surface area contributed by atoms with Gasteiger partial charge >= 0.3 is 0 Å². The first-order valence-corrected chi connectivity index (χ1v) is 11.8. The van der Waals surface area contributed by atoms with Gasteiger partial charge in [0.25, 0.3) is 11.8 Å². The smallest absolute Gasteiger partial charge is 0.251 e. The zero-order chi connectivity index (χ0) is 26.7. The summed E-state index contributed by atoms with van der Waals surface area (Å²) in [5.74, 6) is -0.657. The third kappa shape index (κ3) is 6.08. The normalized spacial score (nSPS) is 12.3. The Kier molecular flexibility index (Phi) is 7.19. The second-order valence-corrected chi connectivity index (χ2v) is 9.86. The summed E-state index contributed by atoms with van der Waals surface area (Å²) < 4.78 is 18.9. The molecule has 0 saturated heterocycles. The molecule has 4 rings (SSSR count). The minimum absolute atomic E-state index is 0.249. The van der Waals surface area contributed by atoms with Crippen LogP contribution in [0.2, 0.25) is 0 Å². The predicted octanol–water partition coefficient (Wildman–Crippen LogP) is 4.38. The number of hydrogen-bond acceptors (Lipinski definition) is 6. The van der Waals surface area contributed by atoms with E-state index in [4.69, 9.17) is 4.42 Å². The summed E-state index contributed by atoms with van der Waals surface area (Å²) in [6.45, 7) is 9.14. The van der Waals surface area contributed by atoms with E-state index in [0.29, 0.717) is 17.0 Å². The van der Waals surface area contributed by atoms with Crippen molar-refractivity contribution in [3.05, 3.63) is 83.6 Å². The largest absolute Gasteiger partial charge is 0.467 e. The quantitative estimate of drug-likeness (QED) is 0.400. The molecule has 2 heterocycles. The number of tetrazole rings is 1. The van der Waals surface area contributed by atoms with Crippen LogP contribution in [0.4, 0.5) is 10.1 Å². The van der Waals surface area contributed by atoms with Gasteiger partial charge in [0, 0.05) is 16.8 Å². The van der Waals surface area contributed by atoms with E-state index in [0.717, 1.165) is 15.9 Å². The number of hydrogen-bond donors (Lipinski definition) is 1. The molecule has 2 amide bonds. The van der Waals surface area contributed by atoms with Crippen molar-refractivity contribution in [2.45, 2.75) is 52.7 Å². The number of carbonyl (C=O) groups is 2. The van der Waals surface area contributed by atoms with E-state index in [1.807, 2.05) is 52.8 Å². The highest BCUT2D eigenvalue weighted by Crippen LogP contribution is 2.32. The highest BCUT2D eigenvalue weighted by molar-refractivity contribution is 6.01. The second-order valence-electron chi connectivity index (χ2n) is 9.86. The van der Waals surface area contributed by atoms with Crippen LogP contribution >= 0.6 is 0 Å². The zero-order valence-corrected chi connectivity index (χ0v) is 21.4. The highest BCUT2D eigenvalue weighted by Gasteiger charge is 2.37. The maximum atomic E-state index is 13.9. The summed E-state index contributed by atoms with van der Waals surface area (Å²) in [7, 11) is 0. The molecule has 0 aliphatic heterocycles. The van der Waals surface area contributed by atoms with Crippen LogP contribution in [-0.4, -0.2) is 37.6 Å². The third-order valence-electron chi connectivity index (χ3n) is 5.53. The number of carbonyl (C=O) groups excluding carboxylic acids is 2. The maximum Gasteiger partial charge on any atom is 0.251 e. The molecule has 0 spiro atoms. The number of nitrogens with zero attached hydrogens (tertiary/aromatic N) is 5. The van der Waals surface area contributed by atoms with Crippen molar-refractivity contribution in [3.8, 4) is 11.4 Å². The number of furan rings is 1. The van der Waals surface area contributed by atoms with Crippen molar-refractivity contribution >= 4 is 17.5 Å².